The number of ether oxygens (including phenoxy) is 1. The summed E-state index contributed by atoms with van der Waals surface area (Å²) in [5, 5.41) is 2.87. The first-order valence-corrected chi connectivity index (χ1v) is 13.1. The molecular weight excluding hydrogens is 444 g/mol. The zero-order chi connectivity index (χ0) is 25.8. The molecule has 1 aromatic rings. The zero-order valence-electron chi connectivity index (χ0n) is 22.4. The first-order valence-electron chi connectivity index (χ1n) is 13.1. The van der Waals surface area contributed by atoms with Crippen LogP contribution >= 0.6 is 0 Å². The van der Waals surface area contributed by atoms with Crippen LogP contribution in [0.25, 0.3) is 0 Å². The van der Waals surface area contributed by atoms with Crippen LogP contribution in [0.2, 0.25) is 0 Å². The predicted molar refractivity (Wildman–Crippen MR) is 138 cm³/mol. The van der Waals surface area contributed by atoms with Crippen molar-refractivity contribution < 1.29 is 14.3 Å². The van der Waals surface area contributed by atoms with Crippen LogP contribution in [0.4, 0.5) is 0 Å². The number of nitrogens with one attached hydrogen (secondary N) is 1. The van der Waals surface area contributed by atoms with E-state index in [4.69, 9.17) is 4.74 Å². The number of aromatic nitrogens is 1. The summed E-state index contributed by atoms with van der Waals surface area (Å²) in [6, 6.07) is 0.453. The molecule has 0 saturated carbocycles. The Bertz CT molecular complexity index is 935. The van der Waals surface area contributed by atoms with Crippen molar-refractivity contribution in [1.29, 1.82) is 0 Å². The van der Waals surface area contributed by atoms with Crippen LogP contribution in [0.1, 0.15) is 81.5 Å². The van der Waals surface area contributed by atoms with Crippen molar-refractivity contribution in [3.05, 3.63) is 33.7 Å². The summed E-state index contributed by atoms with van der Waals surface area (Å²) in [5.74, 6) is 0.279. The summed E-state index contributed by atoms with van der Waals surface area (Å²) in [4.78, 5) is 44.0. The molecule has 8 nitrogen and oxygen atoms in total. The molecule has 0 aromatic carbocycles. The van der Waals surface area contributed by atoms with Crippen LogP contribution < -0.4 is 10.7 Å². The van der Waals surface area contributed by atoms with Gasteiger partial charge in [-0.2, -0.15) is 0 Å². The molecule has 1 aromatic heterocycles. The fraction of sp³-hybridized carbons (Fsp3) is 0.741. The third-order valence-electron chi connectivity index (χ3n) is 7.14. The lowest BCUT2D eigenvalue weighted by Crippen LogP contribution is -2.49. The monoisotopic (exact) mass is 488 g/mol. The van der Waals surface area contributed by atoms with Gasteiger partial charge in [0, 0.05) is 56.7 Å². The molecule has 2 aliphatic rings. The van der Waals surface area contributed by atoms with Gasteiger partial charge in [-0.1, -0.05) is 13.8 Å². The molecule has 2 aliphatic heterocycles. The lowest BCUT2D eigenvalue weighted by molar-refractivity contribution is -0.000964. The summed E-state index contributed by atoms with van der Waals surface area (Å²) >= 11 is 0. The number of likely N-dealkylation sites (tertiary alicyclic amines) is 1. The molecule has 0 bridgehead atoms. The summed E-state index contributed by atoms with van der Waals surface area (Å²) < 4.78 is 7.32. The fourth-order valence-electron chi connectivity index (χ4n) is 4.93. The minimum absolute atomic E-state index is 0.0327. The Morgan fingerprint density at radius 3 is 2.20 bits per heavy atom. The highest BCUT2D eigenvalue weighted by molar-refractivity contribution is 5.99. The SMILES string of the molecule is CC(C)CCn1cc(C(=O)NC(C)(C)C)c(=O)c(C(=O)N2CCC(C(C)N3CCOCC3)CC2)c1. The lowest BCUT2D eigenvalue weighted by atomic mass is 9.89. The molecule has 0 aliphatic carbocycles. The van der Waals surface area contributed by atoms with Crippen LogP contribution in [0, 0.1) is 11.8 Å². The molecule has 35 heavy (non-hydrogen) atoms. The van der Waals surface area contributed by atoms with Gasteiger partial charge in [-0.25, -0.2) is 0 Å². The second kappa shape index (κ2) is 11.7. The van der Waals surface area contributed by atoms with E-state index in [0.717, 1.165) is 45.6 Å². The van der Waals surface area contributed by atoms with Gasteiger partial charge in [0.25, 0.3) is 11.8 Å². The van der Waals surface area contributed by atoms with Gasteiger partial charge in [-0.05, 0) is 58.8 Å². The smallest absolute Gasteiger partial charge is 0.259 e. The highest BCUT2D eigenvalue weighted by Gasteiger charge is 2.32. The zero-order valence-corrected chi connectivity index (χ0v) is 22.4. The van der Waals surface area contributed by atoms with Crippen LogP contribution in [0.5, 0.6) is 0 Å². The molecule has 196 valence electrons. The van der Waals surface area contributed by atoms with Gasteiger partial charge in [0.05, 0.1) is 13.2 Å². The second-order valence-electron chi connectivity index (χ2n) is 11.6. The van der Waals surface area contributed by atoms with Crippen LogP contribution in [0.3, 0.4) is 0 Å². The number of nitrogens with zero attached hydrogens (tertiary/aromatic N) is 3. The number of rotatable bonds is 7. The molecule has 8 heteroatoms. The van der Waals surface area contributed by atoms with E-state index in [1.807, 2.05) is 25.3 Å². The average Bonchev–Trinajstić information content (AvgIpc) is 2.82. The topological polar surface area (TPSA) is 83.9 Å². The minimum Gasteiger partial charge on any atom is -0.379 e. The normalized spacial score (nSPS) is 19.1. The molecule has 0 spiro atoms. The standard InChI is InChI=1S/C27H44N4O4/c1-19(2)7-10-29-17-22(25(33)28-27(4,5)6)24(32)23(18-29)26(34)31-11-8-21(9-12-31)20(3)30-13-15-35-16-14-30/h17-21H,7-16H2,1-6H3,(H,28,33). The van der Waals surface area contributed by atoms with Crippen molar-refractivity contribution in [2.75, 3.05) is 39.4 Å². The number of carbonyl (C=O) groups is 2. The van der Waals surface area contributed by atoms with Crippen molar-refractivity contribution in [1.82, 2.24) is 19.7 Å². The highest BCUT2D eigenvalue weighted by atomic mass is 16.5. The molecule has 1 unspecified atom stereocenters. The van der Waals surface area contributed by atoms with Gasteiger partial charge in [-0.15, -0.1) is 0 Å². The van der Waals surface area contributed by atoms with Crippen molar-refractivity contribution in [2.24, 2.45) is 11.8 Å². The van der Waals surface area contributed by atoms with Crippen LogP contribution in [-0.2, 0) is 11.3 Å². The maximum Gasteiger partial charge on any atom is 0.259 e. The Morgan fingerprint density at radius 2 is 1.63 bits per heavy atom. The number of hydrogen-bond donors (Lipinski definition) is 1. The number of morpholine rings is 1. The van der Waals surface area contributed by atoms with E-state index in [0.29, 0.717) is 37.5 Å². The number of amides is 2. The quantitative estimate of drug-likeness (QED) is 0.638. The number of piperidine rings is 1. The van der Waals surface area contributed by atoms with Crippen LogP contribution in [-0.4, -0.2) is 77.2 Å². The molecular formula is C27H44N4O4. The molecule has 3 rings (SSSR count). The number of aryl methyl sites for hydroxylation is 1. The number of hydrogen-bond acceptors (Lipinski definition) is 5. The van der Waals surface area contributed by atoms with Crippen LogP contribution in [0.15, 0.2) is 17.2 Å². The summed E-state index contributed by atoms with van der Waals surface area (Å²) in [7, 11) is 0. The van der Waals surface area contributed by atoms with E-state index in [1.54, 1.807) is 17.3 Å². The molecule has 2 fully saturated rings. The second-order valence-corrected chi connectivity index (χ2v) is 11.6. The van der Waals surface area contributed by atoms with Crippen molar-refractivity contribution in [3.8, 4) is 0 Å². The van der Waals surface area contributed by atoms with E-state index < -0.39 is 16.9 Å². The molecule has 3 heterocycles. The van der Waals surface area contributed by atoms with E-state index >= 15 is 0 Å². The molecule has 1 atom stereocenters. The van der Waals surface area contributed by atoms with Crippen molar-refractivity contribution in [2.45, 2.75) is 78.9 Å². The van der Waals surface area contributed by atoms with Gasteiger partial charge in [0.2, 0.25) is 5.43 Å². The minimum atomic E-state index is -0.485. The summed E-state index contributed by atoms with van der Waals surface area (Å²) in [5.41, 5.74) is -0.840. The lowest BCUT2D eigenvalue weighted by Gasteiger charge is -2.41. The van der Waals surface area contributed by atoms with Gasteiger partial charge < -0.3 is 19.5 Å². The maximum absolute atomic E-state index is 13.5. The molecule has 0 radical (unpaired) electrons. The van der Waals surface area contributed by atoms with Crippen molar-refractivity contribution in [3.63, 3.8) is 0 Å². The van der Waals surface area contributed by atoms with E-state index in [1.165, 1.54) is 0 Å². The van der Waals surface area contributed by atoms with Gasteiger partial charge in [0.1, 0.15) is 11.1 Å². The summed E-state index contributed by atoms with van der Waals surface area (Å²) in [6.07, 6.45) is 5.95. The maximum atomic E-state index is 13.5. The first kappa shape index (κ1) is 27.4. The van der Waals surface area contributed by atoms with Gasteiger partial charge in [-0.3, -0.25) is 19.3 Å². The third-order valence-corrected chi connectivity index (χ3v) is 7.14. The predicted octanol–water partition coefficient (Wildman–Crippen LogP) is 3.00. The fourth-order valence-corrected chi connectivity index (χ4v) is 4.93. The molecule has 1 N–H and O–H groups in total. The molecule has 2 saturated heterocycles. The molecule has 2 amide bonds. The Balaban J connectivity index is 1.77. The highest BCUT2D eigenvalue weighted by Crippen LogP contribution is 2.25. The van der Waals surface area contributed by atoms with Gasteiger partial charge in [0.15, 0.2) is 0 Å². The van der Waals surface area contributed by atoms with E-state index in [-0.39, 0.29) is 17.0 Å². The Hall–Kier alpha value is -2.19. The van der Waals surface area contributed by atoms with E-state index in [2.05, 4.69) is 31.0 Å². The van der Waals surface area contributed by atoms with Gasteiger partial charge >= 0.3 is 0 Å². The number of carbonyl (C=O) groups excluding carboxylic acids is 2. The Kier molecular flexibility index (Phi) is 9.16. The Morgan fingerprint density at radius 1 is 1.03 bits per heavy atom. The average molecular weight is 489 g/mol. The Labute approximate surface area is 210 Å². The van der Waals surface area contributed by atoms with E-state index in [9.17, 15) is 14.4 Å². The largest absolute Gasteiger partial charge is 0.379 e. The third kappa shape index (κ3) is 7.40. The number of pyridine rings is 1. The van der Waals surface area contributed by atoms with Crippen molar-refractivity contribution >= 4 is 11.8 Å². The first-order chi connectivity index (χ1) is 16.5. The summed E-state index contributed by atoms with van der Waals surface area (Å²) in [6.45, 7) is 17.5.